The Morgan fingerprint density at radius 2 is 1.81 bits per heavy atom. The first-order chi connectivity index (χ1) is 7.23. The van der Waals surface area contributed by atoms with Crippen molar-refractivity contribution in [1.82, 2.24) is 9.97 Å². The summed E-state index contributed by atoms with van der Waals surface area (Å²) in [7, 11) is 0. The lowest BCUT2D eigenvalue weighted by Crippen LogP contribution is -2.17. The second-order valence-electron chi connectivity index (χ2n) is 4.06. The van der Waals surface area contributed by atoms with Gasteiger partial charge in [0.05, 0.1) is 11.3 Å². The second-order valence-corrected chi connectivity index (χ2v) is 4.06. The quantitative estimate of drug-likeness (QED) is 0.854. The van der Waals surface area contributed by atoms with Crippen molar-refractivity contribution in [3.63, 3.8) is 0 Å². The van der Waals surface area contributed by atoms with Crippen LogP contribution in [0.3, 0.4) is 0 Å². The third kappa shape index (κ3) is 2.62. The SMILES string of the molecule is CC(C)C(C)c1nc(N)ncc1C(F)(F)F. The highest BCUT2D eigenvalue weighted by Gasteiger charge is 2.36. The summed E-state index contributed by atoms with van der Waals surface area (Å²) in [6.07, 6.45) is -3.69. The maximum Gasteiger partial charge on any atom is 0.419 e. The van der Waals surface area contributed by atoms with Crippen molar-refractivity contribution in [2.45, 2.75) is 32.9 Å². The average molecular weight is 233 g/mol. The number of hydrogen-bond acceptors (Lipinski definition) is 3. The highest BCUT2D eigenvalue weighted by Crippen LogP contribution is 2.36. The molecule has 6 heteroatoms. The van der Waals surface area contributed by atoms with E-state index in [0.29, 0.717) is 0 Å². The predicted octanol–water partition coefficient (Wildman–Crippen LogP) is 2.84. The Kier molecular flexibility index (Phi) is 3.40. The van der Waals surface area contributed by atoms with Crippen molar-refractivity contribution in [2.75, 3.05) is 5.73 Å². The molecule has 0 fully saturated rings. The Balaban J connectivity index is 3.29. The molecule has 0 spiro atoms. The summed E-state index contributed by atoms with van der Waals surface area (Å²) in [5.41, 5.74) is 4.48. The first-order valence-electron chi connectivity index (χ1n) is 4.93. The maximum atomic E-state index is 12.7. The molecule has 0 radical (unpaired) electrons. The van der Waals surface area contributed by atoms with Crippen molar-refractivity contribution >= 4 is 5.95 Å². The number of nitrogen functional groups attached to an aromatic ring is 1. The molecule has 1 heterocycles. The molecule has 1 unspecified atom stereocenters. The molecule has 0 aliphatic rings. The van der Waals surface area contributed by atoms with Crippen LogP contribution in [0.5, 0.6) is 0 Å². The first-order valence-corrected chi connectivity index (χ1v) is 4.93. The van der Waals surface area contributed by atoms with Gasteiger partial charge in [-0.15, -0.1) is 0 Å². The van der Waals surface area contributed by atoms with Gasteiger partial charge in [0.1, 0.15) is 0 Å². The molecule has 0 amide bonds. The van der Waals surface area contributed by atoms with Crippen LogP contribution >= 0.6 is 0 Å². The fraction of sp³-hybridized carbons (Fsp3) is 0.600. The van der Waals surface area contributed by atoms with E-state index < -0.39 is 11.7 Å². The highest BCUT2D eigenvalue weighted by molar-refractivity contribution is 5.29. The summed E-state index contributed by atoms with van der Waals surface area (Å²) in [6, 6.07) is 0. The Morgan fingerprint density at radius 3 is 2.25 bits per heavy atom. The third-order valence-electron chi connectivity index (χ3n) is 2.57. The van der Waals surface area contributed by atoms with Crippen LogP contribution in [0.15, 0.2) is 6.20 Å². The van der Waals surface area contributed by atoms with E-state index in [1.807, 2.05) is 13.8 Å². The fourth-order valence-corrected chi connectivity index (χ4v) is 1.29. The molecule has 2 N–H and O–H groups in total. The summed E-state index contributed by atoms with van der Waals surface area (Å²) in [5, 5.41) is 0. The van der Waals surface area contributed by atoms with Crippen LogP contribution in [0.2, 0.25) is 0 Å². The van der Waals surface area contributed by atoms with Gasteiger partial charge in [0.15, 0.2) is 0 Å². The molecule has 0 aliphatic carbocycles. The second kappa shape index (κ2) is 4.27. The van der Waals surface area contributed by atoms with E-state index in [0.717, 1.165) is 6.20 Å². The minimum Gasteiger partial charge on any atom is -0.368 e. The normalized spacial score (nSPS) is 14.2. The van der Waals surface area contributed by atoms with Gasteiger partial charge in [-0.2, -0.15) is 13.2 Å². The molecule has 1 aromatic rings. The van der Waals surface area contributed by atoms with Gasteiger partial charge in [-0.25, -0.2) is 9.97 Å². The van der Waals surface area contributed by atoms with Crippen LogP contribution in [0.4, 0.5) is 19.1 Å². The molecule has 0 bridgehead atoms. The summed E-state index contributed by atoms with van der Waals surface area (Å²) in [5.74, 6) is -0.396. The smallest absolute Gasteiger partial charge is 0.368 e. The molecule has 0 saturated heterocycles. The minimum absolute atomic E-state index is 0.0324. The van der Waals surface area contributed by atoms with E-state index in [1.54, 1.807) is 6.92 Å². The minimum atomic E-state index is -4.44. The van der Waals surface area contributed by atoms with Crippen molar-refractivity contribution in [3.05, 3.63) is 17.5 Å². The van der Waals surface area contributed by atoms with Crippen molar-refractivity contribution < 1.29 is 13.2 Å². The van der Waals surface area contributed by atoms with E-state index in [-0.39, 0.29) is 23.5 Å². The zero-order chi connectivity index (χ0) is 12.5. The number of nitrogens with two attached hydrogens (primary N) is 1. The number of rotatable bonds is 2. The molecule has 0 aromatic carbocycles. The standard InChI is InChI=1S/C10H14F3N3/c1-5(2)6(3)8-7(10(11,12)13)4-15-9(14)16-8/h4-6H,1-3H3,(H2,14,15,16). The predicted molar refractivity (Wildman–Crippen MR) is 54.7 cm³/mol. The number of alkyl halides is 3. The van der Waals surface area contributed by atoms with E-state index in [4.69, 9.17) is 5.73 Å². The monoisotopic (exact) mass is 233 g/mol. The van der Waals surface area contributed by atoms with Crippen molar-refractivity contribution in [2.24, 2.45) is 5.92 Å². The lowest BCUT2D eigenvalue weighted by atomic mass is 9.92. The van der Waals surface area contributed by atoms with Gasteiger partial charge in [-0.05, 0) is 5.92 Å². The summed E-state index contributed by atoms with van der Waals surface area (Å²) in [6.45, 7) is 5.37. The average Bonchev–Trinajstić information content (AvgIpc) is 2.14. The van der Waals surface area contributed by atoms with E-state index in [9.17, 15) is 13.2 Å². The molecule has 0 saturated carbocycles. The topological polar surface area (TPSA) is 51.8 Å². The molecule has 90 valence electrons. The number of nitrogens with zero attached hydrogens (tertiary/aromatic N) is 2. The van der Waals surface area contributed by atoms with Crippen LogP contribution in [0.1, 0.15) is 37.9 Å². The Morgan fingerprint density at radius 1 is 1.25 bits per heavy atom. The van der Waals surface area contributed by atoms with Crippen LogP contribution in [-0.2, 0) is 6.18 Å². The molecule has 3 nitrogen and oxygen atoms in total. The molecule has 16 heavy (non-hydrogen) atoms. The number of aromatic nitrogens is 2. The Hall–Kier alpha value is -1.33. The zero-order valence-electron chi connectivity index (χ0n) is 9.34. The highest BCUT2D eigenvalue weighted by atomic mass is 19.4. The fourth-order valence-electron chi connectivity index (χ4n) is 1.29. The molecular formula is C10H14F3N3. The van der Waals surface area contributed by atoms with Crippen LogP contribution in [-0.4, -0.2) is 9.97 Å². The van der Waals surface area contributed by atoms with E-state index in [2.05, 4.69) is 9.97 Å². The summed E-state index contributed by atoms with van der Waals surface area (Å²) in [4.78, 5) is 7.10. The molecule has 1 aromatic heterocycles. The van der Waals surface area contributed by atoms with E-state index in [1.165, 1.54) is 0 Å². The van der Waals surface area contributed by atoms with Gasteiger partial charge in [0.25, 0.3) is 0 Å². The van der Waals surface area contributed by atoms with Gasteiger partial charge in [0.2, 0.25) is 5.95 Å². The van der Waals surface area contributed by atoms with Crippen molar-refractivity contribution in [1.29, 1.82) is 0 Å². The van der Waals surface area contributed by atoms with Gasteiger partial charge >= 0.3 is 6.18 Å². The largest absolute Gasteiger partial charge is 0.419 e. The van der Waals surface area contributed by atoms with Crippen molar-refractivity contribution in [3.8, 4) is 0 Å². The Labute approximate surface area is 91.9 Å². The van der Waals surface area contributed by atoms with Crippen LogP contribution in [0, 0.1) is 5.92 Å². The third-order valence-corrected chi connectivity index (χ3v) is 2.57. The lowest BCUT2D eigenvalue weighted by molar-refractivity contribution is -0.139. The lowest BCUT2D eigenvalue weighted by Gasteiger charge is -2.19. The molecule has 1 rings (SSSR count). The molecular weight excluding hydrogens is 219 g/mol. The number of anilines is 1. The first kappa shape index (κ1) is 12.7. The van der Waals surface area contributed by atoms with E-state index >= 15 is 0 Å². The molecule has 1 atom stereocenters. The van der Waals surface area contributed by atoms with Gasteiger partial charge in [-0.1, -0.05) is 20.8 Å². The van der Waals surface area contributed by atoms with Gasteiger partial charge in [-0.3, -0.25) is 0 Å². The number of hydrogen-bond donors (Lipinski definition) is 1. The molecule has 0 aliphatic heterocycles. The van der Waals surface area contributed by atoms with Crippen LogP contribution < -0.4 is 5.73 Å². The zero-order valence-corrected chi connectivity index (χ0v) is 9.34. The maximum absolute atomic E-state index is 12.7. The van der Waals surface area contributed by atoms with Gasteiger partial charge < -0.3 is 5.73 Å². The number of halogens is 3. The van der Waals surface area contributed by atoms with Crippen LogP contribution in [0.25, 0.3) is 0 Å². The summed E-state index contributed by atoms with van der Waals surface area (Å²) < 4.78 is 38.0. The summed E-state index contributed by atoms with van der Waals surface area (Å²) >= 11 is 0. The Bertz CT molecular complexity index is 374. The van der Waals surface area contributed by atoms with Gasteiger partial charge in [0, 0.05) is 12.1 Å².